The molecule has 2 fully saturated rings. The maximum atomic E-state index is 6.25. The van der Waals surface area contributed by atoms with Gasteiger partial charge >= 0.3 is 0 Å². The molecule has 0 amide bonds. The van der Waals surface area contributed by atoms with E-state index in [-0.39, 0.29) is 5.60 Å². The van der Waals surface area contributed by atoms with Gasteiger partial charge in [-0.25, -0.2) is 0 Å². The van der Waals surface area contributed by atoms with Gasteiger partial charge in [0.2, 0.25) is 0 Å². The van der Waals surface area contributed by atoms with E-state index in [0.29, 0.717) is 5.41 Å². The summed E-state index contributed by atoms with van der Waals surface area (Å²) in [4.78, 5) is 0. The largest absolute Gasteiger partial charge is 0.375 e. The molecule has 0 saturated carbocycles. The zero-order valence-corrected chi connectivity index (χ0v) is 14.5. The topological polar surface area (TPSA) is 21.3 Å². The molecule has 20 heavy (non-hydrogen) atoms. The summed E-state index contributed by atoms with van der Waals surface area (Å²) >= 11 is 2.10. The smallest absolute Gasteiger partial charge is 0.0701 e. The van der Waals surface area contributed by atoms with E-state index in [4.69, 9.17) is 4.74 Å². The second-order valence-corrected chi connectivity index (χ2v) is 8.55. The van der Waals surface area contributed by atoms with Crippen LogP contribution in [-0.4, -0.2) is 36.8 Å². The molecule has 2 nitrogen and oxygen atoms in total. The lowest BCUT2D eigenvalue weighted by molar-refractivity contribution is -0.121. The first kappa shape index (κ1) is 16.6. The number of thioether (sulfide) groups is 1. The maximum Gasteiger partial charge on any atom is 0.0701 e. The molecule has 2 rings (SSSR count). The summed E-state index contributed by atoms with van der Waals surface area (Å²) in [7, 11) is 0. The van der Waals surface area contributed by atoms with Gasteiger partial charge in [-0.2, -0.15) is 11.8 Å². The molecule has 118 valence electrons. The van der Waals surface area contributed by atoms with Crippen LogP contribution >= 0.6 is 11.8 Å². The van der Waals surface area contributed by atoms with Crippen LogP contribution in [-0.2, 0) is 4.74 Å². The van der Waals surface area contributed by atoms with Crippen molar-refractivity contribution in [2.45, 2.75) is 64.9 Å². The van der Waals surface area contributed by atoms with Gasteiger partial charge < -0.3 is 10.1 Å². The van der Waals surface area contributed by atoms with Crippen LogP contribution in [0, 0.1) is 11.3 Å². The molecule has 2 aliphatic rings. The minimum atomic E-state index is 0.238. The van der Waals surface area contributed by atoms with Gasteiger partial charge in [0.15, 0.2) is 0 Å². The van der Waals surface area contributed by atoms with Crippen LogP contribution in [0.1, 0.15) is 59.3 Å². The molecule has 2 heterocycles. The molecule has 1 unspecified atom stereocenters. The van der Waals surface area contributed by atoms with E-state index in [1.54, 1.807) is 0 Å². The Bertz CT molecular complexity index is 281. The minimum Gasteiger partial charge on any atom is -0.375 e. The molecule has 0 bridgehead atoms. The number of rotatable bonds is 6. The lowest BCUT2D eigenvalue weighted by atomic mass is 9.67. The predicted octanol–water partition coefficient (Wildman–Crippen LogP) is 4.09. The van der Waals surface area contributed by atoms with Crippen molar-refractivity contribution in [3.05, 3.63) is 0 Å². The Morgan fingerprint density at radius 2 is 2.00 bits per heavy atom. The predicted molar refractivity (Wildman–Crippen MR) is 89.5 cm³/mol. The van der Waals surface area contributed by atoms with Crippen LogP contribution in [0.4, 0.5) is 0 Å². The van der Waals surface area contributed by atoms with Crippen molar-refractivity contribution < 1.29 is 4.74 Å². The van der Waals surface area contributed by atoms with Gasteiger partial charge in [0, 0.05) is 6.61 Å². The highest BCUT2D eigenvalue weighted by molar-refractivity contribution is 7.99. The molecule has 2 saturated heterocycles. The molecular weight excluding hydrogens is 266 g/mol. The third-order valence-electron chi connectivity index (χ3n) is 5.38. The zero-order chi connectivity index (χ0) is 14.5. The third-order valence-corrected chi connectivity index (χ3v) is 6.36. The molecule has 2 aliphatic heterocycles. The summed E-state index contributed by atoms with van der Waals surface area (Å²) in [6.07, 6.45) is 7.64. The lowest BCUT2D eigenvalue weighted by Gasteiger charge is -2.48. The van der Waals surface area contributed by atoms with Gasteiger partial charge in [-0.1, -0.05) is 20.8 Å². The Balaban J connectivity index is 1.86. The molecule has 1 atom stereocenters. The van der Waals surface area contributed by atoms with Crippen LogP contribution in [0.25, 0.3) is 0 Å². The van der Waals surface area contributed by atoms with Crippen molar-refractivity contribution in [1.29, 1.82) is 0 Å². The molecule has 1 N–H and O–H groups in total. The van der Waals surface area contributed by atoms with E-state index in [9.17, 15) is 0 Å². The fraction of sp³-hybridized carbons (Fsp3) is 1.00. The summed E-state index contributed by atoms with van der Waals surface area (Å²) < 4.78 is 6.25. The second-order valence-electron chi connectivity index (χ2n) is 7.32. The first-order chi connectivity index (χ1) is 9.58. The Hall–Kier alpha value is 0.270. The molecule has 0 aromatic rings. The number of hydrogen-bond donors (Lipinski definition) is 1. The second kappa shape index (κ2) is 7.51. The van der Waals surface area contributed by atoms with Crippen molar-refractivity contribution in [3.8, 4) is 0 Å². The highest BCUT2D eigenvalue weighted by Crippen LogP contribution is 2.46. The van der Waals surface area contributed by atoms with Crippen molar-refractivity contribution >= 4 is 11.8 Å². The first-order valence-corrected chi connectivity index (χ1v) is 9.66. The SMILES string of the molecule is CCCNCCC(C)(C)C1CCOC2(CCSCC2)C1. The highest BCUT2D eigenvalue weighted by atomic mass is 32.2. The standard InChI is InChI=1S/C17H33NOS/c1-4-9-18-10-6-16(2,3)15-5-11-19-17(14-15)7-12-20-13-8-17/h15,18H,4-14H2,1-3H3. The van der Waals surface area contributed by atoms with Gasteiger partial charge in [0.1, 0.15) is 0 Å². The highest BCUT2D eigenvalue weighted by Gasteiger charge is 2.43. The Labute approximate surface area is 129 Å². The molecular formula is C17H33NOS. The number of nitrogens with one attached hydrogen (secondary N) is 1. The third kappa shape index (κ3) is 4.38. The van der Waals surface area contributed by atoms with Gasteiger partial charge in [-0.3, -0.25) is 0 Å². The van der Waals surface area contributed by atoms with Crippen molar-refractivity contribution in [2.24, 2.45) is 11.3 Å². The van der Waals surface area contributed by atoms with E-state index < -0.39 is 0 Å². The molecule has 3 heteroatoms. The normalized spacial score (nSPS) is 26.9. The summed E-state index contributed by atoms with van der Waals surface area (Å²) in [5.74, 6) is 3.43. The molecule has 0 radical (unpaired) electrons. The molecule has 0 aromatic carbocycles. The lowest BCUT2D eigenvalue weighted by Crippen LogP contribution is -2.46. The van der Waals surface area contributed by atoms with Crippen LogP contribution in [0.5, 0.6) is 0 Å². The molecule has 1 spiro atoms. The minimum absolute atomic E-state index is 0.238. The van der Waals surface area contributed by atoms with E-state index in [2.05, 4.69) is 37.8 Å². The van der Waals surface area contributed by atoms with Crippen molar-refractivity contribution in [1.82, 2.24) is 5.32 Å². The maximum absolute atomic E-state index is 6.25. The fourth-order valence-corrected chi connectivity index (χ4v) is 4.94. The van der Waals surface area contributed by atoms with Gasteiger partial charge in [-0.05, 0) is 74.5 Å². The number of hydrogen-bond acceptors (Lipinski definition) is 3. The molecule has 0 aromatic heterocycles. The first-order valence-electron chi connectivity index (χ1n) is 8.50. The summed E-state index contributed by atoms with van der Waals surface area (Å²) in [6.45, 7) is 10.5. The Morgan fingerprint density at radius 3 is 2.70 bits per heavy atom. The quantitative estimate of drug-likeness (QED) is 0.746. The fourth-order valence-electron chi connectivity index (χ4n) is 3.70. The van der Waals surface area contributed by atoms with E-state index in [1.165, 1.54) is 56.6 Å². The summed E-state index contributed by atoms with van der Waals surface area (Å²) in [6, 6.07) is 0. The summed E-state index contributed by atoms with van der Waals surface area (Å²) in [5.41, 5.74) is 0.685. The van der Waals surface area contributed by atoms with E-state index in [1.807, 2.05) is 0 Å². The molecule has 0 aliphatic carbocycles. The van der Waals surface area contributed by atoms with Crippen molar-refractivity contribution in [3.63, 3.8) is 0 Å². The summed E-state index contributed by atoms with van der Waals surface area (Å²) in [5, 5.41) is 3.57. The zero-order valence-electron chi connectivity index (χ0n) is 13.7. The average molecular weight is 300 g/mol. The Morgan fingerprint density at radius 1 is 1.25 bits per heavy atom. The van der Waals surface area contributed by atoms with Crippen LogP contribution in [0.3, 0.4) is 0 Å². The van der Waals surface area contributed by atoms with E-state index >= 15 is 0 Å². The van der Waals surface area contributed by atoms with Gasteiger partial charge in [0.05, 0.1) is 5.60 Å². The van der Waals surface area contributed by atoms with Crippen LogP contribution in [0.2, 0.25) is 0 Å². The van der Waals surface area contributed by atoms with Crippen LogP contribution in [0.15, 0.2) is 0 Å². The average Bonchev–Trinajstić information content (AvgIpc) is 2.45. The van der Waals surface area contributed by atoms with Crippen molar-refractivity contribution in [2.75, 3.05) is 31.2 Å². The van der Waals surface area contributed by atoms with Gasteiger partial charge in [0.25, 0.3) is 0 Å². The Kier molecular flexibility index (Phi) is 6.25. The van der Waals surface area contributed by atoms with Gasteiger partial charge in [-0.15, -0.1) is 0 Å². The van der Waals surface area contributed by atoms with E-state index in [0.717, 1.165) is 19.1 Å². The monoisotopic (exact) mass is 299 g/mol. The van der Waals surface area contributed by atoms with Crippen LogP contribution < -0.4 is 5.32 Å². The number of ether oxygens (including phenoxy) is 1.